The lowest BCUT2D eigenvalue weighted by molar-refractivity contribution is -0.148. The van der Waals surface area contributed by atoms with E-state index < -0.39 is 11.5 Å². The van der Waals surface area contributed by atoms with Crippen LogP contribution in [0.2, 0.25) is 0 Å². The zero-order valence-corrected chi connectivity index (χ0v) is 16.0. The number of piperidine rings is 1. The van der Waals surface area contributed by atoms with E-state index in [1.165, 1.54) is 13.4 Å². The molecule has 2 aromatic rings. The van der Waals surface area contributed by atoms with Crippen molar-refractivity contribution >= 4 is 11.9 Å². The third kappa shape index (κ3) is 3.40. The fourth-order valence-corrected chi connectivity index (χ4v) is 4.34. The summed E-state index contributed by atoms with van der Waals surface area (Å²) in [6.45, 7) is 2.48. The van der Waals surface area contributed by atoms with Crippen molar-refractivity contribution in [2.24, 2.45) is 0 Å². The molecule has 28 heavy (non-hydrogen) atoms. The highest BCUT2D eigenvalue weighted by atomic mass is 16.5. The molecule has 4 heterocycles. The number of carbonyl (C=O) groups is 2. The van der Waals surface area contributed by atoms with Gasteiger partial charge in [0.25, 0.3) is 0 Å². The highest BCUT2D eigenvalue weighted by Crippen LogP contribution is 2.39. The van der Waals surface area contributed by atoms with Gasteiger partial charge in [-0.05, 0) is 44.4 Å². The molecule has 1 amide bonds. The summed E-state index contributed by atoms with van der Waals surface area (Å²) < 4.78 is 10.1. The first-order chi connectivity index (χ1) is 13.6. The number of likely N-dealkylation sites (tertiary alicyclic amines) is 2. The normalized spacial score (nSPS) is 22.8. The number of carbonyl (C=O) groups excluding carboxylic acids is 2. The number of aromatic nitrogens is 2. The van der Waals surface area contributed by atoms with E-state index in [1.807, 2.05) is 23.1 Å². The number of esters is 1. The van der Waals surface area contributed by atoms with Crippen molar-refractivity contribution in [1.29, 1.82) is 0 Å². The average molecular weight is 384 g/mol. The summed E-state index contributed by atoms with van der Waals surface area (Å²) in [5.74, 6) is 0.0550. The summed E-state index contributed by atoms with van der Waals surface area (Å²) in [6.07, 6.45) is 6.62. The molecule has 0 N–H and O–H groups in total. The van der Waals surface area contributed by atoms with Gasteiger partial charge in [0.2, 0.25) is 11.8 Å². The zero-order valence-electron chi connectivity index (χ0n) is 16.0. The minimum Gasteiger partial charge on any atom is -0.464 e. The Balaban J connectivity index is 1.51. The Labute approximate surface area is 163 Å². The maximum atomic E-state index is 13.4. The summed E-state index contributed by atoms with van der Waals surface area (Å²) in [5.41, 5.74) is 0.526. The van der Waals surface area contributed by atoms with Crippen LogP contribution in [0, 0.1) is 0 Å². The molecule has 2 saturated heterocycles. The molecular formula is C20H24N4O4. The van der Waals surface area contributed by atoms with Gasteiger partial charge in [-0.15, -0.1) is 0 Å². The molecule has 2 aliphatic heterocycles. The fourth-order valence-electron chi connectivity index (χ4n) is 4.34. The van der Waals surface area contributed by atoms with Crippen LogP contribution in [0.5, 0.6) is 0 Å². The van der Waals surface area contributed by atoms with Crippen LogP contribution in [0.1, 0.15) is 47.8 Å². The van der Waals surface area contributed by atoms with Crippen LogP contribution in [0.3, 0.4) is 0 Å². The lowest BCUT2D eigenvalue weighted by atomic mass is 9.85. The number of nitrogens with zero attached hydrogens (tertiary/aromatic N) is 4. The maximum Gasteiger partial charge on any atom is 0.360 e. The third-order valence-corrected chi connectivity index (χ3v) is 5.68. The highest BCUT2D eigenvalue weighted by Gasteiger charge is 2.51. The van der Waals surface area contributed by atoms with Gasteiger partial charge < -0.3 is 14.1 Å². The smallest absolute Gasteiger partial charge is 0.360 e. The lowest BCUT2D eigenvalue weighted by Gasteiger charge is -2.44. The van der Waals surface area contributed by atoms with Crippen molar-refractivity contribution in [3.05, 3.63) is 47.9 Å². The number of methoxy groups -OCH3 is 1. The van der Waals surface area contributed by atoms with Gasteiger partial charge in [-0.2, -0.15) is 0 Å². The predicted molar refractivity (Wildman–Crippen MR) is 99.1 cm³/mol. The highest BCUT2D eigenvalue weighted by molar-refractivity contribution is 5.87. The predicted octanol–water partition coefficient (Wildman–Crippen LogP) is 2.01. The van der Waals surface area contributed by atoms with Crippen LogP contribution in [0.4, 0.5) is 0 Å². The van der Waals surface area contributed by atoms with E-state index in [0.717, 1.165) is 44.5 Å². The van der Waals surface area contributed by atoms with Crippen molar-refractivity contribution in [1.82, 2.24) is 19.8 Å². The van der Waals surface area contributed by atoms with Gasteiger partial charge >= 0.3 is 5.97 Å². The largest absolute Gasteiger partial charge is 0.464 e. The fraction of sp³-hybridized carbons (Fsp3) is 0.500. The van der Waals surface area contributed by atoms with Crippen LogP contribution in [-0.4, -0.2) is 57.4 Å². The number of rotatable bonds is 5. The molecule has 1 spiro atoms. The second-order valence-corrected chi connectivity index (χ2v) is 7.33. The SMILES string of the molecule is COC(=O)c1coc(CN2CCCC23CCCN(Cc2ccccn2)C3=O)n1. The molecule has 2 aromatic heterocycles. The molecule has 0 saturated carbocycles. The van der Waals surface area contributed by atoms with Crippen molar-refractivity contribution < 1.29 is 18.7 Å². The summed E-state index contributed by atoms with van der Waals surface area (Å²) in [4.78, 5) is 37.7. The molecule has 0 aromatic carbocycles. The molecule has 8 heteroatoms. The average Bonchev–Trinajstić information content (AvgIpc) is 3.34. The molecule has 0 aliphatic carbocycles. The van der Waals surface area contributed by atoms with Crippen molar-refractivity contribution in [3.8, 4) is 0 Å². The first-order valence-electron chi connectivity index (χ1n) is 9.59. The number of ether oxygens (including phenoxy) is 1. The molecule has 8 nitrogen and oxygen atoms in total. The molecule has 4 rings (SSSR count). The molecule has 1 unspecified atom stereocenters. The summed E-state index contributed by atoms with van der Waals surface area (Å²) >= 11 is 0. The van der Waals surface area contributed by atoms with Gasteiger partial charge in [-0.25, -0.2) is 9.78 Å². The van der Waals surface area contributed by atoms with Gasteiger partial charge in [0.15, 0.2) is 5.69 Å². The first kappa shape index (κ1) is 18.6. The summed E-state index contributed by atoms with van der Waals surface area (Å²) in [5, 5.41) is 0. The minimum absolute atomic E-state index is 0.150. The van der Waals surface area contributed by atoms with Gasteiger partial charge in [0.1, 0.15) is 11.8 Å². The Morgan fingerprint density at radius 3 is 2.82 bits per heavy atom. The first-order valence-corrected chi connectivity index (χ1v) is 9.59. The van der Waals surface area contributed by atoms with Gasteiger partial charge in [0.05, 0.1) is 25.9 Å². The summed E-state index contributed by atoms with van der Waals surface area (Å²) in [7, 11) is 1.31. The van der Waals surface area contributed by atoms with Crippen molar-refractivity contribution in [3.63, 3.8) is 0 Å². The number of pyridine rings is 1. The van der Waals surface area contributed by atoms with Crippen LogP contribution in [0.25, 0.3) is 0 Å². The second kappa shape index (κ2) is 7.71. The van der Waals surface area contributed by atoms with Crippen LogP contribution in [-0.2, 0) is 22.6 Å². The van der Waals surface area contributed by atoms with E-state index >= 15 is 0 Å². The van der Waals surface area contributed by atoms with Crippen LogP contribution in [0.15, 0.2) is 35.1 Å². The second-order valence-electron chi connectivity index (χ2n) is 7.33. The molecule has 0 bridgehead atoms. The molecule has 2 aliphatic rings. The van der Waals surface area contributed by atoms with E-state index in [-0.39, 0.29) is 11.6 Å². The van der Waals surface area contributed by atoms with Crippen molar-refractivity contribution in [2.45, 2.75) is 44.3 Å². The van der Waals surface area contributed by atoms with Crippen molar-refractivity contribution in [2.75, 3.05) is 20.2 Å². The number of hydrogen-bond acceptors (Lipinski definition) is 7. The molecular weight excluding hydrogens is 360 g/mol. The van der Waals surface area contributed by atoms with Gasteiger partial charge in [-0.3, -0.25) is 14.7 Å². The van der Waals surface area contributed by atoms with Crippen LogP contribution < -0.4 is 0 Å². The Hall–Kier alpha value is -2.74. The van der Waals surface area contributed by atoms with E-state index in [0.29, 0.717) is 19.0 Å². The van der Waals surface area contributed by atoms with E-state index in [1.54, 1.807) is 6.20 Å². The number of oxazole rings is 1. The standard InChI is InChI=1S/C20H24N4O4/c1-27-18(25)16-14-28-17(22-16)13-24-11-5-8-20(24)7-4-10-23(19(20)26)12-15-6-2-3-9-21-15/h2-3,6,9,14H,4-5,7-8,10-13H2,1H3. The zero-order chi connectivity index (χ0) is 19.6. The monoisotopic (exact) mass is 384 g/mol. The number of hydrogen-bond donors (Lipinski definition) is 0. The maximum absolute atomic E-state index is 13.4. The van der Waals surface area contributed by atoms with Gasteiger partial charge in [-0.1, -0.05) is 6.07 Å². The number of amides is 1. The molecule has 148 valence electrons. The van der Waals surface area contributed by atoms with E-state index in [4.69, 9.17) is 4.42 Å². The van der Waals surface area contributed by atoms with Gasteiger partial charge in [0, 0.05) is 12.7 Å². The Kier molecular flexibility index (Phi) is 5.13. The van der Waals surface area contributed by atoms with E-state index in [2.05, 4.69) is 19.6 Å². The molecule has 2 fully saturated rings. The molecule has 1 atom stereocenters. The van der Waals surface area contributed by atoms with Crippen LogP contribution >= 0.6 is 0 Å². The minimum atomic E-state index is -0.526. The Morgan fingerprint density at radius 2 is 2.07 bits per heavy atom. The lowest BCUT2D eigenvalue weighted by Crippen LogP contribution is -2.59. The Bertz CT molecular complexity index is 853. The third-order valence-electron chi connectivity index (χ3n) is 5.68. The topological polar surface area (TPSA) is 88.8 Å². The van der Waals surface area contributed by atoms with E-state index in [9.17, 15) is 9.59 Å². The summed E-state index contributed by atoms with van der Waals surface area (Å²) in [6, 6.07) is 5.76. The Morgan fingerprint density at radius 1 is 1.25 bits per heavy atom. The quantitative estimate of drug-likeness (QED) is 0.729. The molecule has 0 radical (unpaired) electrons.